The molecule has 0 spiro atoms. The molecule has 2 heterocycles. The van der Waals surface area contributed by atoms with E-state index in [2.05, 4.69) is 22.9 Å². The number of aromatic nitrogens is 1. The molecule has 2 unspecified atom stereocenters. The quantitative estimate of drug-likeness (QED) is 0.929. The maximum atomic E-state index is 6.00. The highest BCUT2D eigenvalue weighted by Gasteiger charge is 2.22. The van der Waals surface area contributed by atoms with E-state index < -0.39 is 0 Å². The Morgan fingerprint density at radius 1 is 1.47 bits per heavy atom. The SMILES string of the molecule is CC(N)C1CCCN(CCc2cccnc2)C1.Cl.Cl. The molecule has 0 aromatic carbocycles. The third-order valence-corrected chi connectivity index (χ3v) is 3.73. The topological polar surface area (TPSA) is 42.1 Å². The lowest BCUT2D eigenvalue weighted by atomic mass is 9.92. The van der Waals surface area contributed by atoms with Crippen LogP contribution in [0.5, 0.6) is 0 Å². The molecule has 0 radical (unpaired) electrons. The van der Waals surface area contributed by atoms with Crippen molar-refractivity contribution in [2.75, 3.05) is 19.6 Å². The van der Waals surface area contributed by atoms with Gasteiger partial charge in [0.05, 0.1) is 0 Å². The fraction of sp³-hybridized carbons (Fsp3) is 0.643. The van der Waals surface area contributed by atoms with Crippen molar-refractivity contribution >= 4 is 24.8 Å². The monoisotopic (exact) mass is 305 g/mol. The highest BCUT2D eigenvalue weighted by Crippen LogP contribution is 2.18. The van der Waals surface area contributed by atoms with E-state index in [1.165, 1.54) is 24.9 Å². The molecule has 2 N–H and O–H groups in total. The largest absolute Gasteiger partial charge is 0.328 e. The standard InChI is InChI=1S/C14H23N3.2ClH/c1-12(15)14-5-3-8-17(11-14)9-6-13-4-2-7-16-10-13;;/h2,4,7,10,12,14H,3,5-6,8-9,11,15H2,1H3;2*1H. The van der Waals surface area contributed by atoms with Crippen molar-refractivity contribution in [3.05, 3.63) is 30.1 Å². The molecular formula is C14H25Cl2N3. The Hall–Kier alpha value is -0.350. The number of pyridine rings is 1. The third kappa shape index (κ3) is 6.09. The molecule has 110 valence electrons. The normalized spacial score (nSPS) is 21.1. The van der Waals surface area contributed by atoms with E-state index in [9.17, 15) is 0 Å². The van der Waals surface area contributed by atoms with Gasteiger partial charge in [0.25, 0.3) is 0 Å². The van der Waals surface area contributed by atoms with Gasteiger partial charge in [-0.3, -0.25) is 4.98 Å². The summed E-state index contributed by atoms with van der Waals surface area (Å²) in [7, 11) is 0. The second-order valence-corrected chi connectivity index (χ2v) is 5.17. The summed E-state index contributed by atoms with van der Waals surface area (Å²) in [5.41, 5.74) is 7.33. The Morgan fingerprint density at radius 3 is 2.89 bits per heavy atom. The molecule has 0 amide bonds. The number of halogens is 2. The molecule has 1 aromatic heterocycles. The van der Waals surface area contributed by atoms with Crippen molar-refractivity contribution in [1.82, 2.24) is 9.88 Å². The average Bonchev–Trinajstić information content (AvgIpc) is 2.38. The van der Waals surface area contributed by atoms with E-state index in [-0.39, 0.29) is 24.8 Å². The van der Waals surface area contributed by atoms with Gasteiger partial charge in [0.1, 0.15) is 0 Å². The van der Waals surface area contributed by atoms with Gasteiger partial charge < -0.3 is 10.6 Å². The average molecular weight is 306 g/mol. The molecule has 1 saturated heterocycles. The summed E-state index contributed by atoms with van der Waals surface area (Å²) in [5, 5.41) is 0. The molecule has 1 aliphatic heterocycles. The Kier molecular flexibility index (Phi) is 9.36. The zero-order valence-electron chi connectivity index (χ0n) is 11.5. The summed E-state index contributed by atoms with van der Waals surface area (Å²) in [5.74, 6) is 0.678. The zero-order chi connectivity index (χ0) is 12.1. The number of likely N-dealkylation sites (tertiary alicyclic amines) is 1. The van der Waals surface area contributed by atoms with E-state index in [4.69, 9.17) is 5.73 Å². The Balaban J connectivity index is 0.00000162. The lowest BCUT2D eigenvalue weighted by Gasteiger charge is -2.34. The second-order valence-electron chi connectivity index (χ2n) is 5.17. The minimum absolute atomic E-state index is 0. The Morgan fingerprint density at radius 2 is 2.26 bits per heavy atom. The van der Waals surface area contributed by atoms with Crippen LogP contribution in [0.1, 0.15) is 25.3 Å². The van der Waals surface area contributed by atoms with Crippen LogP contribution >= 0.6 is 24.8 Å². The molecule has 0 aliphatic carbocycles. The van der Waals surface area contributed by atoms with E-state index in [1.807, 2.05) is 18.5 Å². The molecular weight excluding hydrogens is 281 g/mol. The van der Waals surface area contributed by atoms with Crippen LogP contribution in [0.4, 0.5) is 0 Å². The third-order valence-electron chi connectivity index (χ3n) is 3.73. The van der Waals surface area contributed by atoms with Crippen LogP contribution < -0.4 is 5.73 Å². The highest BCUT2D eigenvalue weighted by atomic mass is 35.5. The first-order valence-corrected chi connectivity index (χ1v) is 6.62. The molecule has 1 fully saturated rings. The van der Waals surface area contributed by atoms with Crippen LogP contribution in [-0.2, 0) is 6.42 Å². The molecule has 2 atom stereocenters. The van der Waals surface area contributed by atoms with Crippen LogP contribution in [0.15, 0.2) is 24.5 Å². The maximum absolute atomic E-state index is 6.00. The number of piperidine rings is 1. The lowest BCUT2D eigenvalue weighted by Crippen LogP contribution is -2.43. The van der Waals surface area contributed by atoms with Gasteiger partial charge in [0.15, 0.2) is 0 Å². The van der Waals surface area contributed by atoms with E-state index >= 15 is 0 Å². The van der Waals surface area contributed by atoms with Crippen molar-refractivity contribution < 1.29 is 0 Å². The second kappa shape index (κ2) is 9.54. The fourth-order valence-electron chi connectivity index (χ4n) is 2.56. The van der Waals surface area contributed by atoms with Crippen LogP contribution in [0.2, 0.25) is 0 Å². The fourth-order valence-corrected chi connectivity index (χ4v) is 2.56. The zero-order valence-corrected chi connectivity index (χ0v) is 13.1. The first-order chi connectivity index (χ1) is 8.25. The lowest BCUT2D eigenvalue weighted by molar-refractivity contribution is 0.162. The van der Waals surface area contributed by atoms with Crippen LogP contribution in [0.25, 0.3) is 0 Å². The van der Waals surface area contributed by atoms with Gasteiger partial charge in [-0.15, -0.1) is 24.8 Å². The first-order valence-electron chi connectivity index (χ1n) is 6.62. The van der Waals surface area contributed by atoms with Gasteiger partial charge >= 0.3 is 0 Å². The number of rotatable bonds is 4. The van der Waals surface area contributed by atoms with Crippen LogP contribution in [-0.4, -0.2) is 35.6 Å². The Labute approximate surface area is 128 Å². The summed E-state index contributed by atoms with van der Waals surface area (Å²) in [6.45, 7) is 5.66. The first kappa shape index (κ1) is 18.7. The van der Waals surface area contributed by atoms with Gasteiger partial charge in [-0.25, -0.2) is 0 Å². The van der Waals surface area contributed by atoms with Crippen molar-refractivity contribution in [2.45, 2.75) is 32.2 Å². The maximum Gasteiger partial charge on any atom is 0.0300 e. The minimum atomic E-state index is 0. The van der Waals surface area contributed by atoms with Crippen LogP contribution in [0.3, 0.4) is 0 Å². The number of nitrogens with zero attached hydrogens (tertiary/aromatic N) is 2. The van der Waals surface area contributed by atoms with Gasteiger partial charge in [-0.1, -0.05) is 6.07 Å². The Bertz CT molecular complexity index is 333. The summed E-state index contributed by atoms with van der Waals surface area (Å²) in [4.78, 5) is 6.70. The molecule has 1 aliphatic rings. The van der Waals surface area contributed by atoms with Gasteiger partial charge in [0.2, 0.25) is 0 Å². The summed E-state index contributed by atoms with van der Waals surface area (Å²) in [6, 6.07) is 4.49. The number of hydrogen-bond acceptors (Lipinski definition) is 3. The minimum Gasteiger partial charge on any atom is -0.328 e. The van der Waals surface area contributed by atoms with Crippen molar-refractivity contribution in [2.24, 2.45) is 11.7 Å². The van der Waals surface area contributed by atoms with Crippen molar-refractivity contribution in [3.8, 4) is 0 Å². The van der Waals surface area contributed by atoms with Crippen molar-refractivity contribution in [1.29, 1.82) is 0 Å². The summed E-state index contributed by atoms with van der Waals surface area (Å²) < 4.78 is 0. The van der Waals surface area contributed by atoms with E-state index in [0.29, 0.717) is 12.0 Å². The number of hydrogen-bond donors (Lipinski definition) is 1. The van der Waals surface area contributed by atoms with E-state index in [1.54, 1.807) is 0 Å². The molecule has 3 nitrogen and oxygen atoms in total. The molecule has 0 bridgehead atoms. The molecule has 2 rings (SSSR count). The summed E-state index contributed by atoms with van der Waals surface area (Å²) >= 11 is 0. The predicted molar refractivity (Wildman–Crippen MR) is 85.3 cm³/mol. The van der Waals surface area contributed by atoms with Crippen molar-refractivity contribution in [3.63, 3.8) is 0 Å². The van der Waals surface area contributed by atoms with Gasteiger partial charge in [-0.05, 0) is 50.3 Å². The smallest absolute Gasteiger partial charge is 0.0300 e. The number of nitrogens with two attached hydrogens (primary N) is 1. The predicted octanol–water partition coefficient (Wildman–Crippen LogP) is 2.53. The van der Waals surface area contributed by atoms with Gasteiger partial charge in [-0.2, -0.15) is 0 Å². The van der Waals surface area contributed by atoms with Gasteiger partial charge in [0, 0.05) is 31.5 Å². The highest BCUT2D eigenvalue weighted by molar-refractivity contribution is 5.85. The van der Waals surface area contributed by atoms with E-state index in [0.717, 1.165) is 19.5 Å². The molecule has 1 aromatic rings. The molecule has 5 heteroatoms. The molecule has 0 saturated carbocycles. The van der Waals surface area contributed by atoms with Crippen LogP contribution in [0, 0.1) is 5.92 Å². The summed E-state index contributed by atoms with van der Waals surface area (Å²) in [6.07, 6.45) is 7.48. The molecule has 19 heavy (non-hydrogen) atoms.